The van der Waals surface area contributed by atoms with Crippen LogP contribution in [0.15, 0.2) is 46.4 Å². The van der Waals surface area contributed by atoms with Crippen LogP contribution in [-0.2, 0) is 4.79 Å². The Labute approximate surface area is 157 Å². The molecule has 0 radical (unpaired) electrons. The van der Waals surface area contributed by atoms with Crippen molar-refractivity contribution in [3.05, 3.63) is 47.5 Å². The zero-order valence-corrected chi connectivity index (χ0v) is 16.1. The fraction of sp³-hybridized carbons (Fsp3) is 0.263. The average Bonchev–Trinajstić information content (AvgIpc) is 2.67. The van der Waals surface area contributed by atoms with E-state index in [0.717, 1.165) is 21.8 Å². The predicted octanol–water partition coefficient (Wildman–Crippen LogP) is 3.26. The summed E-state index contributed by atoms with van der Waals surface area (Å²) in [6.07, 6.45) is 1.59. The molecule has 1 N–H and O–H groups in total. The molecule has 0 aromatic heterocycles. The molecule has 0 saturated heterocycles. The number of methoxy groups -OCH3 is 3. The normalized spacial score (nSPS) is 10.6. The van der Waals surface area contributed by atoms with Crippen molar-refractivity contribution in [2.45, 2.75) is 11.8 Å². The van der Waals surface area contributed by atoms with Gasteiger partial charge in [-0.3, -0.25) is 4.79 Å². The lowest BCUT2D eigenvalue weighted by molar-refractivity contribution is -0.118. The second kappa shape index (κ2) is 9.72. The SMILES string of the molecule is COc1ccc(SCC(=O)N/N=C/c2cc(OC)c(OC)cc2C)cc1. The van der Waals surface area contributed by atoms with E-state index in [0.29, 0.717) is 11.5 Å². The first-order valence-corrected chi connectivity index (χ1v) is 8.87. The van der Waals surface area contributed by atoms with Crippen LogP contribution in [0.25, 0.3) is 0 Å². The van der Waals surface area contributed by atoms with Crippen molar-refractivity contribution in [2.24, 2.45) is 5.10 Å². The van der Waals surface area contributed by atoms with Gasteiger partial charge in [-0.25, -0.2) is 5.43 Å². The monoisotopic (exact) mass is 374 g/mol. The van der Waals surface area contributed by atoms with Crippen molar-refractivity contribution in [2.75, 3.05) is 27.1 Å². The number of carbonyl (C=O) groups is 1. The minimum atomic E-state index is -0.180. The maximum atomic E-state index is 11.9. The van der Waals surface area contributed by atoms with E-state index in [1.54, 1.807) is 27.5 Å². The average molecular weight is 374 g/mol. The smallest absolute Gasteiger partial charge is 0.250 e. The van der Waals surface area contributed by atoms with E-state index in [2.05, 4.69) is 10.5 Å². The molecule has 6 nitrogen and oxygen atoms in total. The Morgan fingerprint density at radius 1 is 1.08 bits per heavy atom. The van der Waals surface area contributed by atoms with Gasteiger partial charge < -0.3 is 14.2 Å². The van der Waals surface area contributed by atoms with Gasteiger partial charge in [-0.2, -0.15) is 5.10 Å². The molecular formula is C19H22N2O4S. The minimum absolute atomic E-state index is 0.180. The Bertz CT molecular complexity index is 776. The summed E-state index contributed by atoms with van der Waals surface area (Å²) in [5, 5.41) is 4.02. The number of nitrogens with one attached hydrogen (secondary N) is 1. The molecule has 26 heavy (non-hydrogen) atoms. The standard InChI is InChI=1S/C19H22N2O4S/c1-13-9-17(24-3)18(25-4)10-14(13)11-20-21-19(22)12-26-16-7-5-15(23-2)6-8-16/h5-11H,12H2,1-4H3,(H,21,22)/b20-11+. The van der Waals surface area contributed by atoms with Gasteiger partial charge in [-0.1, -0.05) is 0 Å². The number of nitrogens with zero attached hydrogens (tertiary/aromatic N) is 1. The van der Waals surface area contributed by atoms with Gasteiger partial charge in [-0.15, -0.1) is 11.8 Å². The molecule has 0 unspecified atom stereocenters. The summed E-state index contributed by atoms with van der Waals surface area (Å²) in [6.45, 7) is 1.94. The van der Waals surface area contributed by atoms with Gasteiger partial charge in [0, 0.05) is 10.5 Å². The third kappa shape index (κ3) is 5.42. The van der Waals surface area contributed by atoms with E-state index in [-0.39, 0.29) is 11.7 Å². The predicted molar refractivity (Wildman–Crippen MR) is 104 cm³/mol. The van der Waals surface area contributed by atoms with Crippen LogP contribution in [0.4, 0.5) is 0 Å². The van der Waals surface area contributed by atoms with Crippen LogP contribution in [0.5, 0.6) is 17.2 Å². The van der Waals surface area contributed by atoms with Crippen LogP contribution in [0.1, 0.15) is 11.1 Å². The zero-order chi connectivity index (χ0) is 18.9. The summed E-state index contributed by atoms with van der Waals surface area (Å²) >= 11 is 1.43. The van der Waals surface area contributed by atoms with Crippen molar-refractivity contribution in [1.82, 2.24) is 5.43 Å². The van der Waals surface area contributed by atoms with Gasteiger partial charge in [-0.05, 0) is 48.9 Å². The van der Waals surface area contributed by atoms with Crippen molar-refractivity contribution < 1.29 is 19.0 Å². The maximum absolute atomic E-state index is 11.9. The Morgan fingerprint density at radius 2 is 1.73 bits per heavy atom. The van der Waals surface area contributed by atoms with E-state index in [9.17, 15) is 4.79 Å². The number of aryl methyl sites for hydroxylation is 1. The fourth-order valence-electron chi connectivity index (χ4n) is 2.16. The van der Waals surface area contributed by atoms with E-state index >= 15 is 0 Å². The van der Waals surface area contributed by atoms with E-state index in [1.165, 1.54) is 11.8 Å². The quantitative estimate of drug-likeness (QED) is 0.436. The number of hydrazone groups is 1. The molecule has 0 saturated carbocycles. The molecule has 2 aromatic rings. The molecule has 7 heteroatoms. The molecular weight excluding hydrogens is 352 g/mol. The second-order valence-corrected chi connectivity index (χ2v) is 6.37. The first-order chi connectivity index (χ1) is 12.6. The third-order valence-electron chi connectivity index (χ3n) is 3.59. The highest BCUT2D eigenvalue weighted by atomic mass is 32.2. The van der Waals surface area contributed by atoms with Crippen molar-refractivity contribution in [3.63, 3.8) is 0 Å². The van der Waals surface area contributed by atoms with E-state index in [1.807, 2.05) is 43.3 Å². The zero-order valence-electron chi connectivity index (χ0n) is 15.2. The minimum Gasteiger partial charge on any atom is -0.497 e. The number of ether oxygens (including phenoxy) is 3. The van der Waals surface area contributed by atoms with Gasteiger partial charge in [0.25, 0.3) is 0 Å². The molecule has 0 fully saturated rings. The number of amides is 1. The second-order valence-electron chi connectivity index (χ2n) is 5.32. The molecule has 138 valence electrons. The molecule has 2 rings (SSSR count). The van der Waals surface area contributed by atoms with Crippen molar-refractivity contribution in [1.29, 1.82) is 0 Å². The molecule has 0 heterocycles. The van der Waals surface area contributed by atoms with E-state index < -0.39 is 0 Å². The first-order valence-electron chi connectivity index (χ1n) is 7.88. The molecule has 0 aliphatic heterocycles. The molecule has 0 atom stereocenters. The topological polar surface area (TPSA) is 69.2 Å². The summed E-state index contributed by atoms with van der Waals surface area (Å²) in [5.41, 5.74) is 4.33. The molecule has 0 bridgehead atoms. The van der Waals surface area contributed by atoms with Crippen LogP contribution in [0.2, 0.25) is 0 Å². The lowest BCUT2D eigenvalue weighted by Crippen LogP contribution is -2.19. The fourth-order valence-corrected chi connectivity index (χ4v) is 2.85. The number of hydrogen-bond acceptors (Lipinski definition) is 6. The van der Waals surface area contributed by atoms with Crippen LogP contribution < -0.4 is 19.6 Å². The number of rotatable bonds is 8. The number of hydrogen-bond donors (Lipinski definition) is 1. The molecule has 0 aliphatic carbocycles. The van der Waals surface area contributed by atoms with Crippen molar-refractivity contribution >= 4 is 23.9 Å². The lowest BCUT2D eigenvalue weighted by Gasteiger charge is -2.10. The largest absolute Gasteiger partial charge is 0.497 e. The first kappa shape index (κ1) is 19.7. The highest BCUT2D eigenvalue weighted by Crippen LogP contribution is 2.29. The van der Waals surface area contributed by atoms with Gasteiger partial charge in [0.2, 0.25) is 5.91 Å². The Morgan fingerprint density at radius 3 is 2.35 bits per heavy atom. The molecule has 0 spiro atoms. The van der Waals surface area contributed by atoms with Gasteiger partial charge >= 0.3 is 0 Å². The van der Waals surface area contributed by atoms with Crippen LogP contribution in [0, 0.1) is 6.92 Å². The summed E-state index contributed by atoms with van der Waals surface area (Å²) < 4.78 is 15.6. The summed E-state index contributed by atoms with van der Waals surface area (Å²) in [5.74, 6) is 2.14. The van der Waals surface area contributed by atoms with Gasteiger partial charge in [0.05, 0.1) is 33.3 Å². The maximum Gasteiger partial charge on any atom is 0.250 e. The molecule has 1 amide bonds. The van der Waals surface area contributed by atoms with Crippen LogP contribution in [0.3, 0.4) is 0 Å². The Balaban J connectivity index is 1.90. The van der Waals surface area contributed by atoms with Gasteiger partial charge in [0.15, 0.2) is 11.5 Å². The third-order valence-corrected chi connectivity index (χ3v) is 4.61. The summed E-state index contributed by atoms with van der Waals surface area (Å²) in [4.78, 5) is 12.9. The number of benzene rings is 2. The number of carbonyl (C=O) groups excluding carboxylic acids is 1. The summed E-state index contributed by atoms with van der Waals surface area (Å²) in [6, 6.07) is 11.2. The highest BCUT2D eigenvalue weighted by molar-refractivity contribution is 8.00. The molecule has 0 aliphatic rings. The molecule has 2 aromatic carbocycles. The highest BCUT2D eigenvalue weighted by Gasteiger charge is 2.07. The Kier molecular flexibility index (Phi) is 7.35. The summed E-state index contributed by atoms with van der Waals surface area (Å²) in [7, 11) is 4.78. The lowest BCUT2D eigenvalue weighted by atomic mass is 10.1. The van der Waals surface area contributed by atoms with Gasteiger partial charge in [0.1, 0.15) is 5.75 Å². The van der Waals surface area contributed by atoms with Crippen molar-refractivity contribution in [3.8, 4) is 17.2 Å². The Hall–Kier alpha value is -2.67. The number of thioether (sulfide) groups is 1. The van der Waals surface area contributed by atoms with Crippen LogP contribution in [-0.4, -0.2) is 39.2 Å². The van der Waals surface area contributed by atoms with E-state index in [4.69, 9.17) is 14.2 Å². The van der Waals surface area contributed by atoms with Crippen LogP contribution >= 0.6 is 11.8 Å².